The summed E-state index contributed by atoms with van der Waals surface area (Å²) in [6.45, 7) is 4.39. The van der Waals surface area contributed by atoms with Gasteiger partial charge in [0.15, 0.2) is 0 Å². The van der Waals surface area contributed by atoms with Crippen molar-refractivity contribution in [3.05, 3.63) is 52.2 Å². The van der Waals surface area contributed by atoms with Gasteiger partial charge in [0, 0.05) is 24.5 Å². The van der Waals surface area contributed by atoms with Gasteiger partial charge in [0.1, 0.15) is 11.9 Å². The number of ether oxygens (including phenoxy) is 1. The van der Waals surface area contributed by atoms with Crippen LogP contribution in [-0.4, -0.2) is 24.6 Å². The Hall–Kier alpha value is -1.36. The van der Waals surface area contributed by atoms with Gasteiger partial charge in [-0.1, -0.05) is 18.2 Å². The third-order valence-corrected chi connectivity index (χ3v) is 3.89. The summed E-state index contributed by atoms with van der Waals surface area (Å²) in [7, 11) is 2.13. The number of nitrogens with two attached hydrogens (primary N) is 1. The predicted octanol–water partition coefficient (Wildman–Crippen LogP) is 3.11. The van der Waals surface area contributed by atoms with Gasteiger partial charge in [0.2, 0.25) is 0 Å². The van der Waals surface area contributed by atoms with Crippen LogP contribution in [0.1, 0.15) is 17.4 Å². The first-order valence-electron chi connectivity index (χ1n) is 6.84. The zero-order valence-corrected chi connectivity index (χ0v) is 12.9. The van der Waals surface area contributed by atoms with Crippen LogP contribution < -0.4 is 10.5 Å². The second-order valence-electron chi connectivity index (χ2n) is 5.06. The molecule has 2 aromatic rings. The van der Waals surface area contributed by atoms with Gasteiger partial charge in [0.05, 0.1) is 0 Å². The lowest BCUT2D eigenvalue weighted by Crippen LogP contribution is -2.23. The van der Waals surface area contributed by atoms with Crippen molar-refractivity contribution in [2.24, 2.45) is 5.73 Å². The zero-order valence-electron chi connectivity index (χ0n) is 12.1. The van der Waals surface area contributed by atoms with Crippen LogP contribution in [0.2, 0.25) is 0 Å². The third-order valence-electron chi connectivity index (χ3n) is 3.03. The topological polar surface area (TPSA) is 38.5 Å². The molecule has 0 aliphatic carbocycles. The Kier molecular flexibility index (Phi) is 5.59. The first kappa shape index (κ1) is 15.0. The van der Waals surface area contributed by atoms with Crippen LogP contribution in [0, 0.1) is 0 Å². The maximum Gasteiger partial charge on any atom is 0.120 e. The van der Waals surface area contributed by atoms with Crippen LogP contribution in [0.3, 0.4) is 0 Å². The van der Waals surface area contributed by atoms with Crippen molar-refractivity contribution in [3.8, 4) is 5.75 Å². The molecule has 0 bridgehead atoms. The van der Waals surface area contributed by atoms with E-state index in [9.17, 15) is 0 Å². The van der Waals surface area contributed by atoms with Gasteiger partial charge in [-0.25, -0.2) is 0 Å². The smallest absolute Gasteiger partial charge is 0.120 e. The van der Waals surface area contributed by atoms with E-state index in [0.29, 0.717) is 6.54 Å². The highest BCUT2D eigenvalue weighted by Gasteiger charge is 2.05. The van der Waals surface area contributed by atoms with Gasteiger partial charge in [-0.05, 0) is 43.1 Å². The fourth-order valence-corrected chi connectivity index (χ4v) is 2.82. The first-order valence-corrected chi connectivity index (χ1v) is 7.72. The Balaban J connectivity index is 1.93. The van der Waals surface area contributed by atoms with Crippen molar-refractivity contribution in [1.29, 1.82) is 0 Å². The minimum atomic E-state index is 0.0501. The Bertz CT molecular complexity index is 513. The number of rotatable bonds is 7. The maximum atomic E-state index is 5.75. The molecule has 2 rings (SSSR count). The van der Waals surface area contributed by atoms with E-state index in [2.05, 4.69) is 41.6 Å². The molecule has 1 heterocycles. The van der Waals surface area contributed by atoms with E-state index in [-0.39, 0.29) is 6.10 Å². The number of hydrogen-bond donors (Lipinski definition) is 1. The standard InChI is InChI=1S/C16H22N2OS/c1-13(10-17)19-15-6-3-5-14(9-15)11-18(2)12-16-7-4-8-20-16/h3-9,13H,10-12,17H2,1-2H3. The highest BCUT2D eigenvalue weighted by molar-refractivity contribution is 7.09. The quantitative estimate of drug-likeness (QED) is 0.851. The van der Waals surface area contributed by atoms with Crippen molar-refractivity contribution in [3.63, 3.8) is 0 Å². The van der Waals surface area contributed by atoms with Crippen LogP contribution in [0.15, 0.2) is 41.8 Å². The van der Waals surface area contributed by atoms with E-state index in [1.165, 1.54) is 10.4 Å². The normalized spacial score (nSPS) is 12.6. The molecule has 0 radical (unpaired) electrons. The molecule has 0 aliphatic rings. The molecule has 1 unspecified atom stereocenters. The van der Waals surface area contributed by atoms with E-state index in [1.807, 2.05) is 19.1 Å². The molecule has 0 spiro atoms. The third kappa shape index (κ3) is 4.63. The SMILES string of the molecule is CC(CN)Oc1cccc(CN(C)Cc2cccs2)c1. The van der Waals surface area contributed by atoms with E-state index in [1.54, 1.807) is 11.3 Å². The molecule has 20 heavy (non-hydrogen) atoms. The number of thiophene rings is 1. The average molecular weight is 290 g/mol. The molecule has 4 heteroatoms. The van der Waals surface area contributed by atoms with Crippen molar-refractivity contribution in [2.75, 3.05) is 13.6 Å². The zero-order chi connectivity index (χ0) is 14.4. The summed E-state index contributed by atoms with van der Waals surface area (Å²) in [4.78, 5) is 3.69. The summed E-state index contributed by atoms with van der Waals surface area (Å²) in [5.41, 5.74) is 6.84. The van der Waals surface area contributed by atoms with Crippen LogP contribution in [0.25, 0.3) is 0 Å². The number of hydrogen-bond acceptors (Lipinski definition) is 4. The summed E-state index contributed by atoms with van der Waals surface area (Å²) in [5, 5.41) is 2.12. The summed E-state index contributed by atoms with van der Waals surface area (Å²) in [6, 6.07) is 12.5. The minimum Gasteiger partial charge on any atom is -0.489 e. The Morgan fingerprint density at radius 3 is 2.80 bits per heavy atom. The molecule has 2 N–H and O–H groups in total. The fourth-order valence-electron chi connectivity index (χ4n) is 2.03. The fraction of sp³-hybridized carbons (Fsp3) is 0.375. The number of nitrogens with zero attached hydrogens (tertiary/aromatic N) is 1. The van der Waals surface area contributed by atoms with E-state index in [4.69, 9.17) is 10.5 Å². The van der Waals surface area contributed by atoms with Crippen LogP contribution in [0.5, 0.6) is 5.75 Å². The molecule has 0 saturated carbocycles. The molecule has 108 valence electrons. The second kappa shape index (κ2) is 7.43. The lowest BCUT2D eigenvalue weighted by molar-refractivity contribution is 0.229. The summed E-state index contributed by atoms with van der Waals surface area (Å²) >= 11 is 1.80. The van der Waals surface area contributed by atoms with Gasteiger partial charge in [0.25, 0.3) is 0 Å². The summed E-state index contributed by atoms with van der Waals surface area (Å²) in [5.74, 6) is 0.893. The lowest BCUT2D eigenvalue weighted by atomic mass is 10.2. The van der Waals surface area contributed by atoms with Gasteiger partial charge in [-0.3, -0.25) is 4.90 Å². The Labute approximate surface area is 125 Å². The largest absolute Gasteiger partial charge is 0.489 e. The van der Waals surface area contributed by atoms with E-state index in [0.717, 1.165) is 18.8 Å². The van der Waals surface area contributed by atoms with Gasteiger partial charge in [-0.2, -0.15) is 0 Å². The van der Waals surface area contributed by atoms with Crippen molar-refractivity contribution in [2.45, 2.75) is 26.1 Å². The molecule has 0 amide bonds. The Morgan fingerprint density at radius 2 is 2.10 bits per heavy atom. The van der Waals surface area contributed by atoms with E-state index < -0.39 is 0 Å². The van der Waals surface area contributed by atoms with Crippen LogP contribution in [0.4, 0.5) is 0 Å². The predicted molar refractivity (Wildman–Crippen MR) is 85.1 cm³/mol. The lowest BCUT2D eigenvalue weighted by Gasteiger charge is -2.17. The van der Waals surface area contributed by atoms with Crippen LogP contribution >= 0.6 is 11.3 Å². The molecular weight excluding hydrogens is 268 g/mol. The van der Waals surface area contributed by atoms with Crippen molar-refractivity contribution >= 4 is 11.3 Å². The highest BCUT2D eigenvalue weighted by Crippen LogP contribution is 2.17. The number of benzene rings is 1. The molecule has 1 atom stereocenters. The highest BCUT2D eigenvalue weighted by atomic mass is 32.1. The van der Waals surface area contributed by atoms with Crippen LogP contribution in [-0.2, 0) is 13.1 Å². The molecule has 3 nitrogen and oxygen atoms in total. The summed E-state index contributed by atoms with van der Waals surface area (Å²) in [6.07, 6.45) is 0.0501. The monoisotopic (exact) mass is 290 g/mol. The average Bonchev–Trinajstić information content (AvgIpc) is 2.91. The first-order chi connectivity index (χ1) is 9.67. The van der Waals surface area contributed by atoms with Crippen molar-refractivity contribution < 1.29 is 4.74 Å². The molecular formula is C16H22N2OS. The van der Waals surface area contributed by atoms with Gasteiger partial charge in [-0.15, -0.1) is 11.3 Å². The minimum absolute atomic E-state index is 0.0501. The summed E-state index contributed by atoms with van der Waals surface area (Å²) < 4.78 is 5.75. The van der Waals surface area contributed by atoms with Crippen molar-refractivity contribution in [1.82, 2.24) is 4.90 Å². The van der Waals surface area contributed by atoms with E-state index >= 15 is 0 Å². The molecule has 1 aromatic carbocycles. The molecule has 0 saturated heterocycles. The molecule has 0 fully saturated rings. The second-order valence-corrected chi connectivity index (χ2v) is 6.10. The maximum absolute atomic E-state index is 5.75. The van der Waals surface area contributed by atoms with Gasteiger partial charge < -0.3 is 10.5 Å². The Morgan fingerprint density at radius 1 is 1.25 bits per heavy atom. The van der Waals surface area contributed by atoms with Gasteiger partial charge >= 0.3 is 0 Å². The molecule has 1 aromatic heterocycles. The molecule has 0 aliphatic heterocycles.